The number of hydrogen-bond donors (Lipinski definition) is 2. The van der Waals surface area contributed by atoms with Crippen molar-refractivity contribution in [1.82, 2.24) is 9.97 Å². The SMILES string of the molecule is CC(C)Nc1nc(NC2CCCCC2)nc2ccccc12. The van der Waals surface area contributed by atoms with E-state index in [1.54, 1.807) is 0 Å². The summed E-state index contributed by atoms with van der Waals surface area (Å²) in [4.78, 5) is 9.38. The van der Waals surface area contributed by atoms with Gasteiger partial charge in [0.1, 0.15) is 5.82 Å². The van der Waals surface area contributed by atoms with Crippen molar-refractivity contribution in [3.05, 3.63) is 24.3 Å². The van der Waals surface area contributed by atoms with Crippen LogP contribution in [0.3, 0.4) is 0 Å². The Morgan fingerprint density at radius 2 is 1.81 bits per heavy atom. The highest BCUT2D eigenvalue weighted by Crippen LogP contribution is 2.25. The zero-order valence-electron chi connectivity index (χ0n) is 12.9. The third-order valence-corrected chi connectivity index (χ3v) is 3.97. The normalized spacial score (nSPS) is 16.3. The van der Waals surface area contributed by atoms with E-state index < -0.39 is 0 Å². The summed E-state index contributed by atoms with van der Waals surface area (Å²) in [7, 11) is 0. The predicted octanol–water partition coefficient (Wildman–Crippen LogP) is 4.19. The number of nitrogens with zero attached hydrogens (tertiary/aromatic N) is 2. The number of benzene rings is 1. The van der Waals surface area contributed by atoms with Gasteiger partial charge in [0.05, 0.1) is 5.52 Å². The number of anilines is 2. The van der Waals surface area contributed by atoms with Crippen LogP contribution in [-0.4, -0.2) is 22.1 Å². The molecule has 21 heavy (non-hydrogen) atoms. The Morgan fingerprint density at radius 3 is 2.57 bits per heavy atom. The first kappa shape index (κ1) is 14.1. The van der Waals surface area contributed by atoms with Gasteiger partial charge in [-0.2, -0.15) is 4.98 Å². The lowest BCUT2D eigenvalue weighted by atomic mass is 9.96. The summed E-state index contributed by atoms with van der Waals surface area (Å²) in [5.41, 5.74) is 0.994. The number of nitrogens with one attached hydrogen (secondary N) is 2. The molecule has 1 fully saturated rings. The molecule has 4 heteroatoms. The summed E-state index contributed by atoms with van der Waals surface area (Å²) >= 11 is 0. The van der Waals surface area contributed by atoms with Crippen LogP contribution in [0.2, 0.25) is 0 Å². The maximum absolute atomic E-state index is 4.70. The van der Waals surface area contributed by atoms with Crippen molar-refractivity contribution in [3.63, 3.8) is 0 Å². The van der Waals surface area contributed by atoms with Crippen LogP contribution < -0.4 is 10.6 Å². The topological polar surface area (TPSA) is 49.8 Å². The first-order valence-electron chi connectivity index (χ1n) is 8.02. The lowest BCUT2D eigenvalue weighted by Crippen LogP contribution is -2.24. The maximum Gasteiger partial charge on any atom is 0.225 e. The number of rotatable bonds is 4. The molecule has 0 aliphatic heterocycles. The molecule has 4 nitrogen and oxygen atoms in total. The van der Waals surface area contributed by atoms with Crippen molar-refractivity contribution < 1.29 is 0 Å². The van der Waals surface area contributed by atoms with Crippen molar-refractivity contribution in [1.29, 1.82) is 0 Å². The summed E-state index contributed by atoms with van der Waals surface area (Å²) in [5.74, 6) is 1.68. The van der Waals surface area contributed by atoms with Gasteiger partial charge < -0.3 is 10.6 Å². The molecular formula is C17H24N4. The fraction of sp³-hybridized carbons (Fsp3) is 0.529. The van der Waals surface area contributed by atoms with Gasteiger partial charge in [-0.25, -0.2) is 4.98 Å². The third-order valence-electron chi connectivity index (χ3n) is 3.97. The van der Waals surface area contributed by atoms with Crippen LogP contribution in [0.25, 0.3) is 10.9 Å². The Kier molecular flexibility index (Phi) is 4.23. The molecule has 0 atom stereocenters. The van der Waals surface area contributed by atoms with E-state index in [1.807, 2.05) is 12.1 Å². The average molecular weight is 284 g/mol. The molecule has 3 rings (SSSR count). The van der Waals surface area contributed by atoms with E-state index in [1.165, 1.54) is 32.1 Å². The van der Waals surface area contributed by atoms with E-state index in [9.17, 15) is 0 Å². The van der Waals surface area contributed by atoms with Gasteiger partial charge in [-0.15, -0.1) is 0 Å². The molecule has 1 aromatic heterocycles. The second-order valence-corrected chi connectivity index (χ2v) is 6.19. The fourth-order valence-corrected chi connectivity index (χ4v) is 2.95. The molecule has 0 spiro atoms. The van der Waals surface area contributed by atoms with Gasteiger partial charge in [-0.1, -0.05) is 31.4 Å². The van der Waals surface area contributed by atoms with Crippen LogP contribution in [0.15, 0.2) is 24.3 Å². The standard InChI is InChI=1S/C17H24N4/c1-12(2)18-16-14-10-6-7-11-15(14)20-17(21-16)19-13-8-4-3-5-9-13/h6-7,10-13H,3-5,8-9H2,1-2H3,(H2,18,19,20,21). The van der Waals surface area contributed by atoms with Crippen molar-refractivity contribution in [3.8, 4) is 0 Å². The Morgan fingerprint density at radius 1 is 1.05 bits per heavy atom. The number of hydrogen-bond acceptors (Lipinski definition) is 4. The van der Waals surface area contributed by atoms with Gasteiger partial charge >= 0.3 is 0 Å². The van der Waals surface area contributed by atoms with E-state index in [4.69, 9.17) is 4.98 Å². The molecule has 0 bridgehead atoms. The maximum atomic E-state index is 4.70. The van der Waals surface area contributed by atoms with E-state index in [-0.39, 0.29) is 0 Å². The van der Waals surface area contributed by atoms with Crippen LogP contribution in [0.5, 0.6) is 0 Å². The summed E-state index contributed by atoms with van der Waals surface area (Å²) < 4.78 is 0. The lowest BCUT2D eigenvalue weighted by molar-refractivity contribution is 0.461. The van der Waals surface area contributed by atoms with Crippen LogP contribution >= 0.6 is 0 Å². The van der Waals surface area contributed by atoms with E-state index in [2.05, 4.69) is 41.6 Å². The molecule has 1 aliphatic rings. The molecule has 1 aliphatic carbocycles. The van der Waals surface area contributed by atoms with Crippen LogP contribution in [0, 0.1) is 0 Å². The molecule has 2 N–H and O–H groups in total. The zero-order valence-corrected chi connectivity index (χ0v) is 12.9. The third kappa shape index (κ3) is 3.43. The highest BCUT2D eigenvalue weighted by molar-refractivity contribution is 5.90. The van der Waals surface area contributed by atoms with Gasteiger partial charge in [-0.3, -0.25) is 0 Å². The minimum Gasteiger partial charge on any atom is -0.367 e. The number of aromatic nitrogens is 2. The smallest absolute Gasteiger partial charge is 0.225 e. The van der Waals surface area contributed by atoms with Crippen molar-refractivity contribution in [2.75, 3.05) is 10.6 Å². The summed E-state index contributed by atoms with van der Waals surface area (Å²) in [6.07, 6.45) is 6.42. The largest absolute Gasteiger partial charge is 0.367 e. The Labute approximate surface area is 126 Å². The minimum atomic E-state index is 0.353. The summed E-state index contributed by atoms with van der Waals surface area (Å²) in [6.45, 7) is 4.26. The highest BCUT2D eigenvalue weighted by atomic mass is 15.2. The fourth-order valence-electron chi connectivity index (χ4n) is 2.95. The van der Waals surface area contributed by atoms with Crippen LogP contribution in [0.1, 0.15) is 46.0 Å². The average Bonchev–Trinajstić information content (AvgIpc) is 2.48. The monoisotopic (exact) mass is 284 g/mol. The highest BCUT2D eigenvalue weighted by Gasteiger charge is 2.15. The molecule has 1 aromatic carbocycles. The van der Waals surface area contributed by atoms with Gasteiger partial charge in [0.15, 0.2) is 0 Å². The quantitative estimate of drug-likeness (QED) is 0.883. The van der Waals surface area contributed by atoms with E-state index in [0.717, 1.165) is 22.7 Å². The van der Waals surface area contributed by atoms with Gasteiger partial charge in [-0.05, 0) is 38.8 Å². The van der Waals surface area contributed by atoms with Crippen LogP contribution in [-0.2, 0) is 0 Å². The van der Waals surface area contributed by atoms with E-state index in [0.29, 0.717) is 12.1 Å². The molecule has 0 saturated heterocycles. The van der Waals surface area contributed by atoms with Crippen LogP contribution in [0.4, 0.5) is 11.8 Å². The van der Waals surface area contributed by atoms with Crippen molar-refractivity contribution in [2.24, 2.45) is 0 Å². The Balaban J connectivity index is 1.91. The van der Waals surface area contributed by atoms with Gasteiger partial charge in [0.2, 0.25) is 5.95 Å². The second-order valence-electron chi connectivity index (χ2n) is 6.19. The van der Waals surface area contributed by atoms with Gasteiger partial charge in [0, 0.05) is 17.5 Å². The molecule has 0 amide bonds. The van der Waals surface area contributed by atoms with Crippen molar-refractivity contribution in [2.45, 2.75) is 58.0 Å². The molecule has 1 heterocycles. The Hall–Kier alpha value is -1.84. The molecule has 1 saturated carbocycles. The molecule has 112 valence electrons. The summed E-state index contributed by atoms with van der Waals surface area (Å²) in [6, 6.07) is 9.06. The second kappa shape index (κ2) is 6.29. The number of fused-ring (bicyclic) bond motifs is 1. The number of para-hydroxylation sites is 1. The summed E-state index contributed by atoms with van der Waals surface area (Å²) in [5, 5.41) is 8.04. The van der Waals surface area contributed by atoms with Crippen molar-refractivity contribution >= 4 is 22.7 Å². The minimum absolute atomic E-state index is 0.353. The first-order valence-corrected chi connectivity index (χ1v) is 8.02. The van der Waals surface area contributed by atoms with E-state index >= 15 is 0 Å². The first-order chi connectivity index (χ1) is 10.2. The predicted molar refractivity (Wildman–Crippen MR) is 88.8 cm³/mol. The lowest BCUT2D eigenvalue weighted by Gasteiger charge is -2.23. The molecule has 2 aromatic rings. The molecule has 0 unspecified atom stereocenters. The molecular weight excluding hydrogens is 260 g/mol. The molecule has 0 radical (unpaired) electrons. The van der Waals surface area contributed by atoms with Gasteiger partial charge in [0.25, 0.3) is 0 Å². The zero-order chi connectivity index (χ0) is 14.7. The Bertz CT molecular complexity index is 603.